The van der Waals surface area contributed by atoms with Crippen molar-refractivity contribution in [2.24, 2.45) is 0 Å². The molecule has 0 fully saturated rings. The molecule has 0 saturated heterocycles. The van der Waals surface area contributed by atoms with Crippen molar-refractivity contribution < 1.29 is 0 Å². The molecule has 0 aliphatic carbocycles. The van der Waals surface area contributed by atoms with Gasteiger partial charge in [-0.25, -0.2) is 0 Å². The Balaban J connectivity index is 2.56. The zero-order chi connectivity index (χ0) is 10.4. The Bertz CT molecular complexity index is 335. The number of rotatable bonds is 4. The molecule has 76 valence electrons. The normalized spacial score (nSPS) is 11.9. The largest absolute Gasteiger partial charge is 0.312 e. The molecule has 0 bridgehead atoms. The highest BCUT2D eigenvalue weighted by Crippen LogP contribution is 2.29. The number of nitrogens with one attached hydrogen (secondary N) is 1. The second-order valence-corrected chi connectivity index (χ2v) is 5.44. The lowest BCUT2D eigenvalue weighted by Gasteiger charge is -2.12. The Labute approximate surface area is 98.0 Å². The van der Waals surface area contributed by atoms with Gasteiger partial charge in [-0.1, -0.05) is 0 Å². The molecule has 1 aromatic rings. The minimum absolute atomic E-state index is 0.437. The van der Waals surface area contributed by atoms with Crippen molar-refractivity contribution in [3.05, 3.63) is 20.8 Å². The predicted molar refractivity (Wildman–Crippen MR) is 66.5 cm³/mol. The van der Waals surface area contributed by atoms with Gasteiger partial charge in [0.25, 0.3) is 0 Å². The monoisotopic (exact) mass is 271 g/mol. The van der Waals surface area contributed by atoms with Gasteiger partial charge in [0.2, 0.25) is 0 Å². The van der Waals surface area contributed by atoms with Gasteiger partial charge in [-0.3, -0.25) is 0 Å². The summed E-state index contributed by atoms with van der Waals surface area (Å²) >= 11 is 5.26. The molecule has 0 amide bonds. The SMILES string of the molecule is CC#CCCC(NC)c1ccc(Br)s1. The van der Waals surface area contributed by atoms with Crippen LogP contribution in [0.15, 0.2) is 15.9 Å². The van der Waals surface area contributed by atoms with Gasteiger partial charge in [-0.05, 0) is 48.5 Å². The predicted octanol–water partition coefficient (Wildman–Crippen LogP) is 3.57. The summed E-state index contributed by atoms with van der Waals surface area (Å²) in [5.74, 6) is 6.01. The van der Waals surface area contributed by atoms with E-state index in [0.29, 0.717) is 6.04 Å². The van der Waals surface area contributed by atoms with Gasteiger partial charge in [0.05, 0.1) is 3.79 Å². The third-order valence-corrected chi connectivity index (χ3v) is 3.76. The molecular formula is C11H14BrNS. The molecular weight excluding hydrogens is 258 g/mol. The smallest absolute Gasteiger partial charge is 0.0701 e. The minimum Gasteiger partial charge on any atom is -0.312 e. The van der Waals surface area contributed by atoms with E-state index in [9.17, 15) is 0 Å². The summed E-state index contributed by atoms with van der Waals surface area (Å²) in [4.78, 5) is 1.37. The Hall–Kier alpha value is -0.300. The van der Waals surface area contributed by atoms with Crippen LogP contribution in [0, 0.1) is 11.8 Å². The van der Waals surface area contributed by atoms with E-state index in [2.05, 4.69) is 45.2 Å². The maximum Gasteiger partial charge on any atom is 0.0701 e. The van der Waals surface area contributed by atoms with E-state index in [1.165, 1.54) is 8.66 Å². The van der Waals surface area contributed by atoms with Gasteiger partial charge < -0.3 is 5.32 Å². The van der Waals surface area contributed by atoms with Crippen LogP contribution >= 0.6 is 27.3 Å². The third kappa shape index (κ3) is 3.45. The Morgan fingerprint density at radius 2 is 2.36 bits per heavy atom. The summed E-state index contributed by atoms with van der Waals surface area (Å²) < 4.78 is 1.19. The van der Waals surface area contributed by atoms with Gasteiger partial charge in [-0.15, -0.1) is 23.2 Å². The van der Waals surface area contributed by atoms with Crippen molar-refractivity contribution >= 4 is 27.3 Å². The lowest BCUT2D eigenvalue weighted by atomic mass is 10.1. The van der Waals surface area contributed by atoms with E-state index in [-0.39, 0.29) is 0 Å². The molecule has 0 spiro atoms. The number of hydrogen-bond donors (Lipinski definition) is 1. The van der Waals surface area contributed by atoms with E-state index in [0.717, 1.165) is 12.8 Å². The lowest BCUT2D eigenvalue weighted by molar-refractivity contribution is 0.567. The van der Waals surface area contributed by atoms with Gasteiger partial charge in [0.15, 0.2) is 0 Å². The van der Waals surface area contributed by atoms with Crippen molar-refractivity contribution in [2.75, 3.05) is 7.05 Å². The van der Waals surface area contributed by atoms with Gasteiger partial charge in [0, 0.05) is 17.3 Å². The molecule has 0 aromatic carbocycles. The van der Waals surface area contributed by atoms with Crippen LogP contribution in [-0.4, -0.2) is 7.05 Å². The standard InChI is InChI=1S/C11H14BrNS/c1-3-4-5-6-9(13-2)10-7-8-11(12)14-10/h7-9,13H,5-6H2,1-2H3. The van der Waals surface area contributed by atoms with E-state index in [4.69, 9.17) is 0 Å². The summed E-state index contributed by atoms with van der Waals surface area (Å²) in [6, 6.07) is 4.69. The number of halogens is 1. The molecule has 0 radical (unpaired) electrons. The van der Waals surface area contributed by atoms with E-state index < -0.39 is 0 Å². The fourth-order valence-electron chi connectivity index (χ4n) is 1.29. The first-order valence-corrected chi connectivity index (χ1v) is 6.21. The molecule has 1 rings (SSSR count). The van der Waals surface area contributed by atoms with Crippen LogP contribution < -0.4 is 5.32 Å². The third-order valence-electron chi connectivity index (χ3n) is 2.02. The summed E-state index contributed by atoms with van der Waals surface area (Å²) in [5, 5.41) is 3.31. The van der Waals surface area contributed by atoms with Crippen LogP contribution in [0.5, 0.6) is 0 Å². The molecule has 0 saturated carbocycles. The first-order chi connectivity index (χ1) is 6.77. The lowest BCUT2D eigenvalue weighted by Crippen LogP contribution is -2.14. The maximum absolute atomic E-state index is 3.47. The first-order valence-electron chi connectivity index (χ1n) is 4.60. The highest BCUT2D eigenvalue weighted by atomic mass is 79.9. The zero-order valence-electron chi connectivity index (χ0n) is 8.43. The molecule has 1 unspecified atom stereocenters. The highest BCUT2D eigenvalue weighted by Gasteiger charge is 2.10. The van der Waals surface area contributed by atoms with Crippen molar-refractivity contribution in [3.63, 3.8) is 0 Å². The van der Waals surface area contributed by atoms with E-state index in [1.807, 2.05) is 14.0 Å². The van der Waals surface area contributed by atoms with Crippen LogP contribution in [0.25, 0.3) is 0 Å². The van der Waals surface area contributed by atoms with Crippen LogP contribution in [0.2, 0.25) is 0 Å². The molecule has 1 aromatic heterocycles. The van der Waals surface area contributed by atoms with Crippen molar-refractivity contribution in [2.45, 2.75) is 25.8 Å². The molecule has 1 heterocycles. The molecule has 1 atom stereocenters. The van der Waals surface area contributed by atoms with Crippen LogP contribution in [0.4, 0.5) is 0 Å². The Morgan fingerprint density at radius 3 is 2.86 bits per heavy atom. The molecule has 14 heavy (non-hydrogen) atoms. The second-order valence-electron chi connectivity index (χ2n) is 2.95. The maximum atomic E-state index is 3.47. The summed E-state index contributed by atoms with van der Waals surface area (Å²) in [7, 11) is 2.00. The minimum atomic E-state index is 0.437. The molecule has 1 N–H and O–H groups in total. The number of thiophene rings is 1. The second kappa shape index (κ2) is 6.23. The molecule has 1 nitrogen and oxygen atoms in total. The molecule has 0 aliphatic heterocycles. The van der Waals surface area contributed by atoms with Crippen molar-refractivity contribution in [3.8, 4) is 11.8 Å². The van der Waals surface area contributed by atoms with Gasteiger partial charge in [-0.2, -0.15) is 0 Å². The first kappa shape index (κ1) is 11.8. The highest BCUT2D eigenvalue weighted by molar-refractivity contribution is 9.11. The van der Waals surface area contributed by atoms with Crippen LogP contribution in [-0.2, 0) is 0 Å². The topological polar surface area (TPSA) is 12.0 Å². The molecule has 3 heteroatoms. The van der Waals surface area contributed by atoms with Gasteiger partial charge >= 0.3 is 0 Å². The van der Waals surface area contributed by atoms with E-state index in [1.54, 1.807) is 11.3 Å². The summed E-state index contributed by atoms with van der Waals surface area (Å²) in [6.07, 6.45) is 2.03. The number of hydrogen-bond acceptors (Lipinski definition) is 2. The Kier molecular flexibility index (Phi) is 5.24. The average molecular weight is 272 g/mol. The van der Waals surface area contributed by atoms with E-state index >= 15 is 0 Å². The van der Waals surface area contributed by atoms with Crippen molar-refractivity contribution in [1.29, 1.82) is 0 Å². The van der Waals surface area contributed by atoms with Gasteiger partial charge in [0.1, 0.15) is 0 Å². The molecule has 0 aliphatic rings. The fraction of sp³-hybridized carbons (Fsp3) is 0.455. The van der Waals surface area contributed by atoms with Crippen LogP contribution in [0.3, 0.4) is 0 Å². The van der Waals surface area contributed by atoms with Crippen molar-refractivity contribution in [1.82, 2.24) is 5.32 Å². The van der Waals surface area contributed by atoms with Crippen LogP contribution in [0.1, 0.15) is 30.7 Å². The Morgan fingerprint density at radius 1 is 1.57 bits per heavy atom. The quantitative estimate of drug-likeness (QED) is 0.826. The summed E-state index contributed by atoms with van der Waals surface area (Å²) in [6.45, 7) is 1.89. The zero-order valence-corrected chi connectivity index (χ0v) is 10.8. The summed E-state index contributed by atoms with van der Waals surface area (Å²) in [5.41, 5.74) is 0. The fourth-order valence-corrected chi connectivity index (χ4v) is 2.85. The average Bonchev–Trinajstić information content (AvgIpc) is 2.60.